The van der Waals surface area contributed by atoms with Crippen molar-refractivity contribution in [1.82, 2.24) is 20.4 Å². The molecule has 0 aliphatic heterocycles. The molecule has 0 bridgehead atoms. The molecule has 0 aliphatic rings. The lowest BCUT2D eigenvalue weighted by molar-refractivity contribution is 0.970. The fraction of sp³-hybridized carbons (Fsp3) is 0.222. The molecule has 6 nitrogen and oxygen atoms in total. The predicted molar refractivity (Wildman–Crippen MR) is 63.2 cm³/mol. The predicted octanol–water partition coefficient (Wildman–Crippen LogP) is 1.18. The summed E-state index contributed by atoms with van der Waals surface area (Å²) in [5, 5.41) is 15.9. The van der Waals surface area contributed by atoms with Crippen molar-refractivity contribution in [2.24, 2.45) is 0 Å². The van der Waals surface area contributed by atoms with E-state index in [-0.39, 0.29) is 5.56 Å². The van der Waals surface area contributed by atoms with Gasteiger partial charge in [0, 0.05) is 17.8 Å². The van der Waals surface area contributed by atoms with E-state index in [4.69, 9.17) is 0 Å². The maximum Gasteiger partial charge on any atom is 0.280 e. The second-order valence-electron chi connectivity index (χ2n) is 3.30. The Kier molecular flexibility index (Phi) is 3.04. The largest absolute Gasteiger partial charge is 0.378 e. The van der Waals surface area contributed by atoms with Crippen LogP contribution in [0, 0.1) is 6.92 Å². The van der Waals surface area contributed by atoms with E-state index >= 15 is 0 Å². The average Bonchev–Trinajstić information content (AvgIpc) is 2.67. The summed E-state index contributed by atoms with van der Waals surface area (Å²) in [7, 11) is 0. The number of aromatic amines is 2. The molecule has 0 amide bonds. The maximum absolute atomic E-state index is 11.2. The summed E-state index contributed by atoms with van der Waals surface area (Å²) in [6.07, 6.45) is 3.30. The number of nitrogens with zero attached hydrogens (tertiary/aromatic N) is 2. The first-order chi connectivity index (χ1) is 7.68. The minimum Gasteiger partial charge on any atom is -0.378 e. The monoisotopic (exact) mass is 283 g/mol. The number of nitrogens with one attached hydrogen (secondary N) is 3. The van der Waals surface area contributed by atoms with E-state index in [1.54, 1.807) is 12.4 Å². The van der Waals surface area contributed by atoms with E-state index in [2.05, 4.69) is 41.6 Å². The van der Waals surface area contributed by atoms with Gasteiger partial charge in [-0.1, -0.05) is 0 Å². The van der Waals surface area contributed by atoms with E-state index < -0.39 is 0 Å². The molecule has 0 unspecified atom stereocenters. The second-order valence-corrected chi connectivity index (χ2v) is 4.09. The van der Waals surface area contributed by atoms with Crippen LogP contribution in [0.1, 0.15) is 11.3 Å². The highest BCUT2D eigenvalue weighted by Gasteiger charge is 2.05. The van der Waals surface area contributed by atoms with Crippen molar-refractivity contribution >= 4 is 21.6 Å². The zero-order valence-electron chi connectivity index (χ0n) is 8.54. The van der Waals surface area contributed by atoms with Crippen LogP contribution >= 0.6 is 15.9 Å². The zero-order chi connectivity index (χ0) is 11.5. The summed E-state index contributed by atoms with van der Waals surface area (Å²) in [4.78, 5) is 11.2. The van der Waals surface area contributed by atoms with Gasteiger partial charge in [0.25, 0.3) is 5.56 Å². The number of hydrogen-bond acceptors (Lipinski definition) is 4. The van der Waals surface area contributed by atoms with Gasteiger partial charge < -0.3 is 5.32 Å². The van der Waals surface area contributed by atoms with Crippen molar-refractivity contribution in [3.05, 3.63) is 38.5 Å². The first-order valence-electron chi connectivity index (χ1n) is 4.64. The highest BCUT2D eigenvalue weighted by molar-refractivity contribution is 9.10. The Morgan fingerprint density at radius 3 is 2.81 bits per heavy atom. The Labute approximate surface area is 99.6 Å². The van der Waals surface area contributed by atoms with Crippen LogP contribution in [0.15, 0.2) is 21.7 Å². The lowest BCUT2D eigenvalue weighted by atomic mass is 10.2. The lowest BCUT2D eigenvalue weighted by Crippen LogP contribution is -2.12. The molecule has 84 valence electrons. The van der Waals surface area contributed by atoms with Crippen molar-refractivity contribution in [2.45, 2.75) is 13.5 Å². The van der Waals surface area contributed by atoms with Crippen LogP contribution < -0.4 is 10.9 Å². The number of H-pyrrole nitrogens is 2. The van der Waals surface area contributed by atoms with Crippen LogP contribution in [0.4, 0.5) is 5.69 Å². The third-order valence-corrected chi connectivity index (χ3v) is 2.99. The Morgan fingerprint density at radius 2 is 2.12 bits per heavy atom. The molecule has 0 aliphatic carbocycles. The molecular formula is C9H10BrN5O. The van der Waals surface area contributed by atoms with Crippen molar-refractivity contribution in [2.75, 3.05) is 5.32 Å². The fourth-order valence-corrected chi connectivity index (χ4v) is 1.58. The molecule has 7 heteroatoms. The molecule has 16 heavy (non-hydrogen) atoms. The Hall–Kier alpha value is -1.63. The number of anilines is 1. The van der Waals surface area contributed by atoms with Gasteiger partial charge in [-0.2, -0.15) is 10.2 Å². The van der Waals surface area contributed by atoms with Crippen LogP contribution in [0.25, 0.3) is 0 Å². The van der Waals surface area contributed by atoms with Gasteiger partial charge in [0.1, 0.15) is 4.47 Å². The minimum atomic E-state index is -0.256. The van der Waals surface area contributed by atoms with Crippen molar-refractivity contribution < 1.29 is 0 Å². The average molecular weight is 284 g/mol. The molecule has 2 aromatic heterocycles. The highest BCUT2D eigenvalue weighted by Crippen LogP contribution is 2.16. The summed E-state index contributed by atoms with van der Waals surface area (Å²) in [6.45, 7) is 2.53. The van der Waals surface area contributed by atoms with E-state index in [1.165, 1.54) is 0 Å². The van der Waals surface area contributed by atoms with Gasteiger partial charge in [-0.15, -0.1) is 0 Å². The zero-order valence-corrected chi connectivity index (χ0v) is 10.1. The van der Waals surface area contributed by atoms with Gasteiger partial charge in [0.15, 0.2) is 0 Å². The number of hydrogen-bond donors (Lipinski definition) is 3. The SMILES string of the molecule is Cc1[nH]ncc1CNc1cn[nH]c(=O)c1Br. The maximum atomic E-state index is 11.2. The smallest absolute Gasteiger partial charge is 0.280 e. The molecule has 0 aromatic carbocycles. The number of aryl methyl sites for hydroxylation is 1. The molecule has 0 saturated heterocycles. The van der Waals surface area contributed by atoms with Crippen molar-refractivity contribution in [1.29, 1.82) is 0 Å². The summed E-state index contributed by atoms with van der Waals surface area (Å²) in [5.41, 5.74) is 2.45. The molecule has 0 fully saturated rings. The lowest BCUT2D eigenvalue weighted by Gasteiger charge is -2.05. The highest BCUT2D eigenvalue weighted by atomic mass is 79.9. The molecule has 0 radical (unpaired) electrons. The molecular weight excluding hydrogens is 274 g/mol. The molecule has 2 rings (SSSR count). The van der Waals surface area contributed by atoms with Gasteiger partial charge >= 0.3 is 0 Å². The Bertz CT molecular complexity index is 547. The molecule has 0 spiro atoms. The van der Waals surface area contributed by atoms with Gasteiger partial charge in [-0.05, 0) is 22.9 Å². The van der Waals surface area contributed by atoms with Crippen molar-refractivity contribution in [3.8, 4) is 0 Å². The molecule has 3 N–H and O–H groups in total. The molecule has 2 heterocycles. The van der Waals surface area contributed by atoms with Gasteiger partial charge in [0.05, 0.1) is 18.1 Å². The van der Waals surface area contributed by atoms with Gasteiger partial charge in [-0.25, -0.2) is 5.10 Å². The van der Waals surface area contributed by atoms with Crippen LogP contribution in [0.3, 0.4) is 0 Å². The van der Waals surface area contributed by atoms with Crippen LogP contribution in [-0.2, 0) is 6.54 Å². The number of aromatic nitrogens is 4. The standard InChI is InChI=1S/C9H10BrN5O/c1-5-6(3-12-14-5)2-11-7-4-13-15-9(16)8(7)10/h3-4H,2H2,1H3,(H,12,14)(H2,11,15,16). The Balaban J connectivity index is 2.14. The topological polar surface area (TPSA) is 86.5 Å². The van der Waals surface area contributed by atoms with Crippen LogP contribution in [0.2, 0.25) is 0 Å². The van der Waals surface area contributed by atoms with Crippen molar-refractivity contribution in [3.63, 3.8) is 0 Å². The number of rotatable bonds is 3. The summed E-state index contributed by atoms with van der Waals surface area (Å²) in [6, 6.07) is 0. The molecule has 0 saturated carbocycles. The third kappa shape index (κ3) is 2.13. The summed E-state index contributed by atoms with van der Waals surface area (Å²) >= 11 is 3.19. The summed E-state index contributed by atoms with van der Waals surface area (Å²) < 4.78 is 0.448. The quantitative estimate of drug-likeness (QED) is 0.789. The normalized spacial score (nSPS) is 10.4. The van der Waals surface area contributed by atoms with E-state index in [9.17, 15) is 4.79 Å². The first-order valence-corrected chi connectivity index (χ1v) is 5.43. The van der Waals surface area contributed by atoms with Gasteiger partial charge in [0.2, 0.25) is 0 Å². The molecule has 0 atom stereocenters. The van der Waals surface area contributed by atoms with E-state index in [0.29, 0.717) is 16.7 Å². The van der Waals surface area contributed by atoms with Crippen LogP contribution in [0.5, 0.6) is 0 Å². The van der Waals surface area contributed by atoms with E-state index in [1.807, 2.05) is 6.92 Å². The Morgan fingerprint density at radius 1 is 1.38 bits per heavy atom. The minimum absolute atomic E-state index is 0.256. The fourth-order valence-electron chi connectivity index (χ4n) is 1.25. The van der Waals surface area contributed by atoms with E-state index in [0.717, 1.165) is 11.3 Å². The number of halogens is 1. The molecule has 2 aromatic rings. The summed E-state index contributed by atoms with van der Waals surface area (Å²) in [5.74, 6) is 0. The van der Waals surface area contributed by atoms with Crippen LogP contribution in [-0.4, -0.2) is 20.4 Å². The first kappa shape index (κ1) is 10.9. The third-order valence-electron chi connectivity index (χ3n) is 2.20. The van der Waals surface area contributed by atoms with Gasteiger partial charge in [-0.3, -0.25) is 9.89 Å². The second kappa shape index (κ2) is 4.48.